The van der Waals surface area contributed by atoms with E-state index in [1.807, 2.05) is 36.4 Å². The SMILES string of the molecule is CCCCCCc1ccc(NC(=O)CNC(=O)c2ccccc2OCC(=O)Nc2ccc(Br)cc2)cc1. The van der Waals surface area contributed by atoms with Crippen LogP contribution in [0.25, 0.3) is 0 Å². The molecule has 3 rings (SSSR count). The highest BCUT2D eigenvalue weighted by atomic mass is 79.9. The first-order valence-corrected chi connectivity index (χ1v) is 13.2. The second-order valence-corrected chi connectivity index (χ2v) is 9.49. The Morgan fingerprint density at radius 1 is 0.784 bits per heavy atom. The van der Waals surface area contributed by atoms with E-state index in [9.17, 15) is 14.4 Å². The number of anilines is 2. The number of amides is 3. The molecule has 0 heterocycles. The Kier molecular flexibility index (Phi) is 11.2. The van der Waals surface area contributed by atoms with Gasteiger partial charge in [-0.15, -0.1) is 0 Å². The lowest BCUT2D eigenvalue weighted by atomic mass is 10.1. The van der Waals surface area contributed by atoms with Crippen LogP contribution in [0.15, 0.2) is 77.3 Å². The highest BCUT2D eigenvalue weighted by Crippen LogP contribution is 2.19. The molecule has 0 aliphatic rings. The van der Waals surface area contributed by atoms with Crippen molar-refractivity contribution in [3.05, 3.63) is 88.4 Å². The number of para-hydroxylation sites is 1. The molecule has 0 atom stereocenters. The summed E-state index contributed by atoms with van der Waals surface area (Å²) in [5.74, 6) is -0.914. The van der Waals surface area contributed by atoms with Gasteiger partial charge in [-0.1, -0.05) is 66.4 Å². The van der Waals surface area contributed by atoms with Gasteiger partial charge in [0.1, 0.15) is 5.75 Å². The smallest absolute Gasteiger partial charge is 0.262 e. The highest BCUT2D eigenvalue weighted by molar-refractivity contribution is 9.10. The van der Waals surface area contributed by atoms with Crippen LogP contribution in [0.3, 0.4) is 0 Å². The number of carbonyl (C=O) groups excluding carboxylic acids is 3. The Balaban J connectivity index is 1.45. The van der Waals surface area contributed by atoms with Gasteiger partial charge in [-0.3, -0.25) is 14.4 Å². The van der Waals surface area contributed by atoms with Crippen molar-refractivity contribution >= 4 is 45.0 Å². The third-order valence-corrected chi connectivity index (χ3v) is 6.11. The molecule has 0 radical (unpaired) electrons. The first kappa shape index (κ1) is 27.9. The van der Waals surface area contributed by atoms with Crippen molar-refractivity contribution in [2.45, 2.75) is 39.0 Å². The Labute approximate surface area is 226 Å². The van der Waals surface area contributed by atoms with Gasteiger partial charge in [0.25, 0.3) is 11.8 Å². The summed E-state index contributed by atoms with van der Waals surface area (Å²) in [5.41, 5.74) is 2.79. The normalized spacial score (nSPS) is 10.4. The molecule has 3 aromatic rings. The standard InChI is InChI=1S/C29H32BrN3O4/c1-2-3-4-5-8-21-11-15-23(16-12-21)32-27(34)19-31-29(36)25-9-6-7-10-26(25)37-20-28(35)33-24-17-13-22(30)14-18-24/h6-7,9-18H,2-5,8,19-20H2,1H3,(H,31,36)(H,32,34)(H,33,35). The van der Waals surface area contributed by atoms with Crippen LogP contribution >= 0.6 is 15.9 Å². The van der Waals surface area contributed by atoms with Crippen molar-refractivity contribution in [1.82, 2.24) is 5.32 Å². The van der Waals surface area contributed by atoms with Gasteiger partial charge in [-0.25, -0.2) is 0 Å². The van der Waals surface area contributed by atoms with E-state index >= 15 is 0 Å². The minimum atomic E-state index is -0.471. The molecule has 0 unspecified atom stereocenters. The maximum Gasteiger partial charge on any atom is 0.262 e. The zero-order chi connectivity index (χ0) is 26.5. The topological polar surface area (TPSA) is 96.5 Å². The summed E-state index contributed by atoms with van der Waals surface area (Å²) in [4.78, 5) is 37.3. The Morgan fingerprint density at radius 3 is 2.14 bits per heavy atom. The van der Waals surface area contributed by atoms with Gasteiger partial charge in [0, 0.05) is 15.8 Å². The number of nitrogens with one attached hydrogen (secondary N) is 3. The molecule has 0 bridgehead atoms. The molecule has 8 heteroatoms. The number of carbonyl (C=O) groups is 3. The second-order valence-electron chi connectivity index (χ2n) is 8.58. The Morgan fingerprint density at radius 2 is 1.43 bits per heavy atom. The van der Waals surface area contributed by atoms with Crippen molar-refractivity contribution in [2.24, 2.45) is 0 Å². The zero-order valence-electron chi connectivity index (χ0n) is 20.9. The molecule has 0 spiro atoms. The van der Waals surface area contributed by atoms with E-state index in [1.165, 1.54) is 24.8 Å². The summed E-state index contributed by atoms with van der Waals surface area (Å²) in [6.45, 7) is 1.73. The van der Waals surface area contributed by atoms with E-state index in [1.54, 1.807) is 36.4 Å². The molecule has 0 aliphatic heterocycles. The van der Waals surface area contributed by atoms with Gasteiger partial charge in [0.2, 0.25) is 5.91 Å². The number of hydrogen-bond donors (Lipinski definition) is 3. The monoisotopic (exact) mass is 565 g/mol. The average molecular weight is 566 g/mol. The van der Waals surface area contributed by atoms with Gasteiger partial charge in [-0.05, 0) is 66.9 Å². The van der Waals surface area contributed by atoms with Crippen LogP contribution in [0.5, 0.6) is 5.75 Å². The fraction of sp³-hybridized carbons (Fsp3) is 0.276. The van der Waals surface area contributed by atoms with Crippen LogP contribution in [0.1, 0.15) is 48.5 Å². The summed E-state index contributed by atoms with van der Waals surface area (Å²) in [6.07, 6.45) is 5.87. The summed E-state index contributed by atoms with van der Waals surface area (Å²) < 4.78 is 6.49. The molecule has 3 amide bonds. The molecule has 0 saturated heterocycles. The van der Waals surface area contributed by atoms with E-state index in [-0.39, 0.29) is 36.3 Å². The Hall–Kier alpha value is -3.65. The summed E-state index contributed by atoms with van der Waals surface area (Å²) in [7, 11) is 0. The number of benzene rings is 3. The van der Waals surface area contributed by atoms with E-state index in [0.29, 0.717) is 11.4 Å². The maximum atomic E-state index is 12.7. The van der Waals surface area contributed by atoms with Gasteiger partial charge in [0.05, 0.1) is 12.1 Å². The van der Waals surface area contributed by atoms with Crippen LogP contribution < -0.4 is 20.7 Å². The highest BCUT2D eigenvalue weighted by Gasteiger charge is 2.15. The van der Waals surface area contributed by atoms with Gasteiger partial charge in [0.15, 0.2) is 6.61 Å². The number of aryl methyl sites for hydroxylation is 1. The molecule has 3 aromatic carbocycles. The fourth-order valence-corrected chi connectivity index (χ4v) is 3.89. The van der Waals surface area contributed by atoms with Crippen molar-refractivity contribution in [3.63, 3.8) is 0 Å². The lowest BCUT2D eigenvalue weighted by molar-refractivity contribution is -0.118. The van der Waals surface area contributed by atoms with E-state index < -0.39 is 5.91 Å². The predicted octanol–water partition coefficient (Wildman–Crippen LogP) is 5.96. The van der Waals surface area contributed by atoms with Crippen LogP contribution in [0.2, 0.25) is 0 Å². The number of rotatable bonds is 13. The zero-order valence-corrected chi connectivity index (χ0v) is 22.5. The summed E-state index contributed by atoms with van der Waals surface area (Å²) in [5, 5.41) is 8.13. The number of hydrogen-bond acceptors (Lipinski definition) is 4. The molecule has 0 aromatic heterocycles. The maximum absolute atomic E-state index is 12.7. The molecule has 3 N–H and O–H groups in total. The largest absolute Gasteiger partial charge is 0.483 e. The molecular formula is C29H32BrN3O4. The molecular weight excluding hydrogens is 534 g/mol. The second kappa shape index (κ2) is 14.8. The first-order valence-electron chi connectivity index (χ1n) is 12.4. The third-order valence-electron chi connectivity index (χ3n) is 5.58. The van der Waals surface area contributed by atoms with Gasteiger partial charge < -0.3 is 20.7 Å². The molecule has 37 heavy (non-hydrogen) atoms. The fourth-order valence-electron chi connectivity index (χ4n) is 3.63. The first-order chi connectivity index (χ1) is 17.9. The average Bonchev–Trinajstić information content (AvgIpc) is 2.91. The van der Waals surface area contributed by atoms with Crippen molar-refractivity contribution in [1.29, 1.82) is 0 Å². The minimum absolute atomic E-state index is 0.198. The molecule has 0 saturated carbocycles. The van der Waals surface area contributed by atoms with Crippen LogP contribution in [-0.2, 0) is 16.0 Å². The van der Waals surface area contributed by atoms with E-state index in [4.69, 9.17) is 4.74 Å². The van der Waals surface area contributed by atoms with Crippen molar-refractivity contribution < 1.29 is 19.1 Å². The predicted molar refractivity (Wildman–Crippen MR) is 150 cm³/mol. The molecule has 194 valence electrons. The third kappa shape index (κ3) is 9.73. The molecule has 0 aliphatic carbocycles. The number of ether oxygens (including phenoxy) is 1. The van der Waals surface area contributed by atoms with Gasteiger partial charge >= 0.3 is 0 Å². The van der Waals surface area contributed by atoms with E-state index in [0.717, 1.165) is 17.3 Å². The van der Waals surface area contributed by atoms with Crippen LogP contribution in [-0.4, -0.2) is 30.9 Å². The molecule has 7 nitrogen and oxygen atoms in total. The summed E-state index contributed by atoms with van der Waals surface area (Å²) >= 11 is 3.35. The minimum Gasteiger partial charge on any atom is -0.483 e. The van der Waals surface area contributed by atoms with Crippen LogP contribution in [0.4, 0.5) is 11.4 Å². The lowest BCUT2D eigenvalue weighted by Gasteiger charge is -2.12. The summed E-state index contributed by atoms with van der Waals surface area (Å²) in [6, 6.07) is 21.5. The quantitative estimate of drug-likeness (QED) is 0.223. The van der Waals surface area contributed by atoms with Crippen molar-refractivity contribution in [3.8, 4) is 5.75 Å². The van der Waals surface area contributed by atoms with E-state index in [2.05, 4.69) is 38.8 Å². The molecule has 0 fully saturated rings. The van der Waals surface area contributed by atoms with Gasteiger partial charge in [-0.2, -0.15) is 0 Å². The van der Waals surface area contributed by atoms with Crippen molar-refractivity contribution in [2.75, 3.05) is 23.8 Å². The number of halogens is 1. The number of unbranched alkanes of at least 4 members (excludes halogenated alkanes) is 3. The Bertz CT molecular complexity index is 1180. The van der Waals surface area contributed by atoms with Crippen LogP contribution in [0, 0.1) is 0 Å². The lowest BCUT2D eigenvalue weighted by Crippen LogP contribution is -2.33.